The standard InChI is InChI=1S/C27H24ClNO7/c28-17-10-6-12-19-22(17)20(35-27-26(34)25(33)24(32)21(14-30)36-27)13-29(19)18-11-5-4-9-16(18)23(31)15-7-2-1-3-8-15/h1-13,21,24-27,30,32-34H,14H2/t21-,24+,25+,26-,27+/m1/s1. The third-order valence-corrected chi connectivity index (χ3v) is 6.59. The normalized spacial score (nSPS) is 24.1. The van der Waals surface area contributed by atoms with Crippen molar-refractivity contribution >= 4 is 28.3 Å². The van der Waals surface area contributed by atoms with E-state index in [4.69, 9.17) is 21.1 Å². The minimum Gasteiger partial charge on any atom is -0.460 e. The van der Waals surface area contributed by atoms with Crippen LogP contribution in [0, 0.1) is 0 Å². The summed E-state index contributed by atoms with van der Waals surface area (Å²) in [6.07, 6.45) is -5.58. The van der Waals surface area contributed by atoms with Crippen LogP contribution in [0.5, 0.6) is 5.75 Å². The molecule has 0 amide bonds. The predicted octanol–water partition coefficient (Wildman–Crippen LogP) is 2.69. The topological polar surface area (TPSA) is 121 Å². The van der Waals surface area contributed by atoms with E-state index in [9.17, 15) is 25.2 Å². The largest absolute Gasteiger partial charge is 0.460 e. The number of hydrogen-bond acceptors (Lipinski definition) is 7. The number of aliphatic hydroxyl groups excluding tert-OH is 4. The number of hydrogen-bond donors (Lipinski definition) is 4. The fraction of sp³-hybridized carbons (Fsp3) is 0.222. The Labute approximate surface area is 211 Å². The van der Waals surface area contributed by atoms with Crippen molar-refractivity contribution < 1.29 is 34.7 Å². The van der Waals surface area contributed by atoms with Gasteiger partial charge in [-0.1, -0.05) is 60.1 Å². The highest BCUT2D eigenvalue weighted by Gasteiger charge is 2.45. The number of carbonyl (C=O) groups is 1. The van der Waals surface area contributed by atoms with Gasteiger partial charge < -0.3 is 34.5 Å². The maximum Gasteiger partial charge on any atom is 0.229 e. The van der Waals surface area contributed by atoms with Crippen LogP contribution in [0.15, 0.2) is 79.0 Å². The summed E-state index contributed by atoms with van der Waals surface area (Å²) in [6, 6.07) is 21.3. The Hall–Kier alpha value is -3.24. The van der Waals surface area contributed by atoms with Gasteiger partial charge in [-0.25, -0.2) is 0 Å². The van der Waals surface area contributed by atoms with Crippen LogP contribution in [0.1, 0.15) is 15.9 Å². The van der Waals surface area contributed by atoms with Gasteiger partial charge in [0.05, 0.1) is 34.4 Å². The van der Waals surface area contributed by atoms with E-state index in [-0.39, 0.29) is 11.5 Å². The third kappa shape index (κ3) is 4.28. The van der Waals surface area contributed by atoms with Crippen molar-refractivity contribution in [1.29, 1.82) is 0 Å². The number of aromatic nitrogens is 1. The molecular weight excluding hydrogens is 486 g/mol. The molecule has 0 bridgehead atoms. The number of aliphatic hydroxyl groups is 4. The summed E-state index contributed by atoms with van der Waals surface area (Å²) in [5.74, 6) is 0.0633. The van der Waals surface area contributed by atoms with Gasteiger partial charge in [0, 0.05) is 11.1 Å². The molecule has 0 radical (unpaired) electrons. The van der Waals surface area contributed by atoms with Crippen LogP contribution >= 0.6 is 11.6 Å². The fourth-order valence-electron chi connectivity index (χ4n) is 4.41. The second-order valence-corrected chi connectivity index (χ2v) is 8.93. The maximum atomic E-state index is 13.3. The van der Waals surface area contributed by atoms with E-state index in [1.54, 1.807) is 65.4 Å². The zero-order valence-electron chi connectivity index (χ0n) is 18.9. The molecule has 3 aromatic carbocycles. The smallest absolute Gasteiger partial charge is 0.229 e. The van der Waals surface area contributed by atoms with Gasteiger partial charge in [-0.3, -0.25) is 4.79 Å². The molecule has 0 unspecified atom stereocenters. The molecule has 1 aliphatic rings. The lowest BCUT2D eigenvalue weighted by Crippen LogP contribution is -2.60. The second kappa shape index (κ2) is 10.0. The first-order valence-electron chi connectivity index (χ1n) is 11.4. The molecule has 4 N–H and O–H groups in total. The zero-order chi connectivity index (χ0) is 25.4. The molecule has 1 fully saturated rings. The summed E-state index contributed by atoms with van der Waals surface area (Å²) >= 11 is 6.53. The van der Waals surface area contributed by atoms with Crippen LogP contribution < -0.4 is 4.74 Å². The SMILES string of the molecule is O=C(c1ccccc1)c1ccccc1-n1cc(O[C@H]2O[C@H](CO)[C@H](O)[C@H](O)[C@H]2O)c2c(Cl)cccc21. The number of halogens is 1. The van der Waals surface area contributed by atoms with E-state index in [2.05, 4.69) is 0 Å². The van der Waals surface area contributed by atoms with E-state index in [0.717, 1.165) is 0 Å². The Kier molecular flexibility index (Phi) is 6.81. The first-order chi connectivity index (χ1) is 17.4. The molecule has 1 saturated heterocycles. The lowest BCUT2D eigenvalue weighted by Gasteiger charge is -2.39. The number of para-hydroxylation sites is 1. The second-order valence-electron chi connectivity index (χ2n) is 8.52. The van der Waals surface area contributed by atoms with Gasteiger partial charge >= 0.3 is 0 Å². The third-order valence-electron chi connectivity index (χ3n) is 6.28. The van der Waals surface area contributed by atoms with E-state index in [0.29, 0.717) is 32.7 Å². The average molecular weight is 510 g/mol. The lowest BCUT2D eigenvalue weighted by molar-refractivity contribution is -0.277. The quantitative estimate of drug-likeness (QED) is 0.295. The maximum absolute atomic E-state index is 13.3. The van der Waals surface area contributed by atoms with E-state index in [1.165, 1.54) is 0 Å². The molecular formula is C27H24ClNO7. The molecule has 0 spiro atoms. The van der Waals surface area contributed by atoms with Gasteiger partial charge in [0.1, 0.15) is 30.2 Å². The van der Waals surface area contributed by atoms with Crippen LogP contribution in [0.25, 0.3) is 16.6 Å². The monoisotopic (exact) mass is 509 g/mol. The predicted molar refractivity (Wildman–Crippen MR) is 133 cm³/mol. The summed E-state index contributed by atoms with van der Waals surface area (Å²) in [6.45, 7) is -0.581. The minimum absolute atomic E-state index is 0.161. The van der Waals surface area contributed by atoms with E-state index >= 15 is 0 Å². The van der Waals surface area contributed by atoms with E-state index in [1.807, 2.05) is 18.2 Å². The number of ketones is 1. The number of benzene rings is 3. The Morgan fingerprint density at radius 1 is 0.917 bits per heavy atom. The highest BCUT2D eigenvalue weighted by atomic mass is 35.5. The van der Waals surface area contributed by atoms with Crippen LogP contribution in [-0.2, 0) is 4.74 Å². The van der Waals surface area contributed by atoms with Crippen LogP contribution in [0.4, 0.5) is 0 Å². The number of ether oxygens (including phenoxy) is 2. The van der Waals surface area contributed by atoms with Crippen molar-refractivity contribution in [2.75, 3.05) is 6.61 Å². The Balaban J connectivity index is 1.60. The first-order valence-corrected chi connectivity index (χ1v) is 11.7. The van der Waals surface area contributed by atoms with Crippen molar-refractivity contribution in [2.24, 2.45) is 0 Å². The van der Waals surface area contributed by atoms with Crippen molar-refractivity contribution in [3.63, 3.8) is 0 Å². The Morgan fingerprint density at radius 3 is 2.39 bits per heavy atom. The van der Waals surface area contributed by atoms with Gasteiger partial charge in [-0.2, -0.15) is 0 Å². The molecule has 0 aliphatic carbocycles. The summed E-state index contributed by atoms with van der Waals surface area (Å²) in [5.41, 5.74) is 2.22. The molecule has 8 nitrogen and oxygen atoms in total. The molecule has 2 heterocycles. The highest BCUT2D eigenvalue weighted by molar-refractivity contribution is 6.36. The molecule has 36 heavy (non-hydrogen) atoms. The highest BCUT2D eigenvalue weighted by Crippen LogP contribution is 2.38. The summed E-state index contributed by atoms with van der Waals surface area (Å²) in [5, 5.41) is 41.1. The molecule has 0 saturated carbocycles. The Morgan fingerprint density at radius 2 is 1.64 bits per heavy atom. The van der Waals surface area contributed by atoms with Crippen molar-refractivity contribution in [1.82, 2.24) is 4.57 Å². The molecule has 1 aromatic heterocycles. The molecule has 186 valence electrons. The molecule has 9 heteroatoms. The van der Waals surface area contributed by atoms with E-state index < -0.39 is 37.3 Å². The van der Waals surface area contributed by atoms with Gasteiger partial charge in [0.25, 0.3) is 0 Å². The number of rotatable bonds is 6. The average Bonchev–Trinajstić information content (AvgIpc) is 3.28. The minimum atomic E-state index is -1.59. The number of fused-ring (bicyclic) bond motifs is 1. The van der Waals surface area contributed by atoms with Crippen molar-refractivity contribution in [3.8, 4) is 11.4 Å². The molecule has 1 aliphatic heterocycles. The van der Waals surface area contributed by atoms with Gasteiger partial charge in [0.15, 0.2) is 5.78 Å². The molecule has 4 aromatic rings. The van der Waals surface area contributed by atoms with Gasteiger partial charge in [-0.15, -0.1) is 0 Å². The van der Waals surface area contributed by atoms with Crippen LogP contribution in [0.2, 0.25) is 5.02 Å². The summed E-state index contributed by atoms with van der Waals surface area (Å²) in [7, 11) is 0. The number of carbonyl (C=O) groups excluding carboxylic acids is 1. The van der Waals surface area contributed by atoms with Crippen LogP contribution in [-0.4, -0.2) is 68.1 Å². The summed E-state index contributed by atoms with van der Waals surface area (Å²) in [4.78, 5) is 13.3. The number of nitrogens with zero attached hydrogens (tertiary/aromatic N) is 1. The summed E-state index contributed by atoms with van der Waals surface area (Å²) < 4.78 is 13.2. The zero-order valence-corrected chi connectivity index (χ0v) is 19.7. The Bertz CT molecular complexity index is 1390. The van der Waals surface area contributed by atoms with Crippen molar-refractivity contribution in [3.05, 3.63) is 95.1 Å². The van der Waals surface area contributed by atoms with Gasteiger partial charge in [0.2, 0.25) is 6.29 Å². The molecule has 5 atom stereocenters. The lowest BCUT2D eigenvalue weighted by atomic mass is 9.99. The first kappa shape index (κ1) is 24.5. The van der Waals surface area contributed by atoms with Gasteiger partial charge in [-0.05, 0) is 24.3 Å². The van der Waals surface area contributed by atoms with Crippen molar-refractivity contribution in [2.45, 2.75) is 30.7 Å². The fourth-order valence-corrected chi connectivity index (χ4v) is 4.67. The molecule has 5 rings (SSSR count). The van der Waals surface area contributed by atoms with Crippen LogP contribution in [0.3, 0.4) is 0 Å².